The summed E-state index contributed by atoms with van der Waals surface area (Å²) in [7, 11) is 0. The average Bonchev–Trinajstić information content (AvgIpc) is 3.15. The van der Waals surface area contributed by atoms with Crippen molar-refractivity contribution in [2.45, 2.75) is 43.9 Å². The second-order valence-corrected chi connectivity index (χ2v) is 13.4. The van der Waals surface area contributed by atoms with Gasteiger partial charge in [-0.05, 0) is 86.1 Å². The Hall–Kier alpha value is -5.32. The van der Waals surface area contributed by atoms with E-state index >= 15 is 0 Å². The van der Waals surface area contributed by atoms with Crippen LogP contribution in [0.5, 0.6) is 11.5 Å². The van der Waals surface area contributed by atoms with Crippen molar-refractivity contribution in [2.24, 2.45) is 11.8 Å². The normalized spacial score (nSPS) is 18.8. The topological polar surface area (TPSA) is 142 Å². The van der Waals surface area contributed by atoms with Gasteiger partial charge in [-0.15, -0.1) is 0 Å². The molecule has 2 fully saturated rings. The van der Waals surface area contributed by atoms with Crippen LogP contribution < -0.4 is 10.1 Å². The molecule has 1 amide bonds. The molecule has 0 bridgehead atoms. The number of nitrogens with zero attached hydrogens (tertiary/aromatic N) is 1. The zero-order valence-electron chi connectivity index (χ0n) is 28.3. The number of carbonyl (C=O) groups is 4. The highest BCUT2D eigenvalue weighted by atomic mass is 16.5. The Balaban J connectivity index is 1.02. The molecule has 10 nitrogen and oxygen atoms in total. The number of piperidine rings is 1. The highest BCUT2D eigenvalue weighted by Crippen LogP contribution is 2.34. The molecule has 0 unspecified atom stereocenters. The Labute approximate surface area is 297 Å². The van der Waals surface area contributed by atoms with Crippen molar-refractivity contribution in [3.63, 3.8) is 0 Å². The quantitative estimate of drug-likeness (QED) is 0.122. The van der Waals surface area contributed by atoms with Crippen molar-refractivity contribution in [1.82, 2.24) is 10.2 Å². The van der Waals surface area contributed by atoms with Crippen LogP contribution in [0.2, 0.25) is 0 Å². The molecule has 6 rings (SSSR count). The molecule has 1 heterocycles. The summed E-state index contributed by atoms with van der Waals surface area (Å²) in [5.74, 6) is -1.38. The molecule has 1 atom stereocenters. The van der Waals surface area contributed by atoms with Crippen molar-refractivity contribution >= 4 is 23.9 Å². The fourth-order valence-corrected chi connectivity index (χ4v) is 6.67. The first kappa shape index (κ1) is 35.5. The number of carbonyl (C=O) groups excluding carboxylic acids is 4. The van der Waals surface area contributed by atoms with Gasteiger partial charge in [0, 0.05) is 29.6 Å². The number of aldehydes is 1. The molecule has 0 spiro atoms. The van der Waals surface area contributed by atoms with Crippen LogP contribution in [0.4, 0.5) is 0 Å². The number of Topliss-reactive ketones (excluding diaryl/α,β-unsaturated/α-hetero) is 1. The van der Waals surface area contributed by atoms with E-state index in [-0.39, 0.29) is 59.3 Å². The van der Waals surface area contributed by atoms with Gasteiger partial charge >= 0.3 is 5.97 Å². The number of likely N-dealkylation sites (tertiary alicyclic amines) is 1. The second kappa shape index (κ2) is 16.1. The third kappa shape index (κ3) is 8.53. The summed E-state index contributed by atoms with van der Waals surface area (Å²) < 4.78 is 11.7. The molecular weight excluding hydrogens is 648 g/mol. The predicted octanol–water partition coefficient (Wildman–Crippen LogP) is 5.05. The van der Waals surface area contributed by atoms with Crippen LogP contribution in [0.15, 0.2) is 103 Å². The minimum atomic E-state index is -2.09. The van der Waals surface area contributed by atoms with Crippen LogP contribution in [0.25, 0.3) is 0 Å². The Morgan fingerprint density at radius 1 is 0.863 bits per heavy atom. The third-order valence-electron chi connectivity index (χ3n) is 9.87. The van der Waals surface area contributed by atoms with Crippen LogP contribution in [0, 0.1) is 11.8 Å². The smallest absolute Gasteiger partial charge is 0.347 e. The number of aliphatic hydroxyl groups is 1. The summed E-state index contributed by atoms with van der Waals surface area (Å²) in [6, 6.07) is 29.4. The molecule has 4 aromatic carbocycles. The number of hydrogen-bond acceptors (Lipinski definition) is 9. The predicted molar refractivity (Wildman–Crippen MR) is 189 cm³/mol. The summed E-state index contributed by atoms with van der Waals surface area (Å²) in [6.45, 7) is 2.68. The minimum absolute atomic E-state index is 0.0949. The van der Waals surface area contributed by atoms with E-state index < -0.39 is 17.5 Å². The number of ether oxygens (including phenoxy) is 2. The van der Waals surface area contributed by atoms with Gasteiger partial charge in [-0.2, -0.15) is 0 Å². The van der Waals surface area contributed by atoms with E-state index in [1.165, 1.54) is 23.8 Å². The molecule has 1 aliphatic carbocycles. The molecule has 1 aliphatic heterocycles. The number of phenols is 1. The first-order valence-electron chi connectivity index (χ1n) is 17.3. The van der Waals surface area contributed by atoms with Crippen LogP contribution in [0.1, 0.15) is 63.1 Å². The molecule has 264 valence electrons. The summed E-state index contributed by atoms with van der Waals surface area (Å²) in [5, 5.41) is 24.8. The lowest BCUT2D eigenvalue weighted by atomic mass is 9.77. The lowest BCUT2D eigenvalue weighted by molar-refractivity contribution is -0.164. The van der Waals surface area contributed by atoms with Gasteiger partial charge in [0.2, 0.25) is 5.60 Å². The van der Waals surface area contributed by atoms with Crippen molar-refractivity contribution < 1.29 is 38.9 Å². The Kier molecular flexibility index (Phi) is 11.2. The summed E-state index contributed by atoms with van der Waals surface area (Å²) in [4.78, 5) is 52.6. The highest BCUT2D eigenvalue weighted by molar-refractivity contribution is 5.96. The Morgan fingerprint density at radius 2 is 1.55 bits per heavy atom. The molecule has 2 aliphatic rings. The van der Waals surface area contributed by atoms with E-state index in [9.17, 15) is 29.4 Å². The van der Waals surface area contributed by atoms with Gasteiger partial charge in [-0.25, -0.2) is 4.79 Å². The number of hydrogen-bond donors (Lipinski definition) is 3. The molecule has 1 saturated carbocycles. The molecule has 0 aromatic heterocycles. The zero-order chi connectivity index (χ0) is 35.8. The van der Waals surface area contributed by atoms with Crippen molar-refractivity contribution in [2.75, 3.05) is 26.3 Å². The van der Waals surface area contributed by atoms with Crippen LogP contribution >= 0.6 is 0 Å². The van der Waals surface area contributed by atoms with Gasteiger partial charge in [0.15, 0.2) is 12.1 Å². The largest absolute Gasteiger partial charge is 0.507 e. The monoisotopic (exact) mass is 690 g/mol. The van der Waals surface area contributed by atoms with E-state index in [0.29, 0.717) is 30.4 Å². The lowest BCUT2D eigenvalue weighted by Crippen LogP contribution is -2.47. The van der Waals surface area contributed by atoms with E-state index in [2.05, 4.69) is 22.3 Å². The fraction of sp³-hybridized carbons (Fsp3) is 0.317. The van der Waals surface area contributed by atoms with E-state index in [4.69, 9.17) is 9.47 Å². The van der Waals surface area contributed by atoms with Gasteiger partial charge in [0.1, 0.15) is 18.1 Å². The average molecular weight is 691 g/mol. The van der Waals surface area contributed by atoms with E-state index in [0.717, 1.165) is 32.5 Å². The Bertz CT molecular complexity index is 1840. The van der Waals surface area contributed by atoms with Crippen molar-refractivity contribution in [3.05, 3.63) is 131 Å². The number of ketones is 1. The van der Waals surface area contributed by atoms with Crippen LogP contribution in [0.3, 0.4) is 0 Å². The number of phenolic OH excluding ortho intramolecular Hbond substituents is 1. The maximum atomic E-state index is 13.7. The highest BCUT2D eigenvalue weighted by Gasteiger charge is 2.42. The number of amides is 1. The van der Waals surface area contributed by atoms with Crippen LogP contribution in [-0.4, -0.2) is 71.4 Å². The third-order valence-corrected chi connectivity index (χ3v) is 9.87. The fourth-order valence-electron chi connectivity index (χ4n) is 6.67. The zero-order valence-corrected chi connectivity index (χ0v) is 28.3. The lowest BCUT2D eigenvalue weighted by Gasteiger charge is -2.34. The number of aromatic hydroxyl groups is 1. The maximum absolute atomic E-state index is 13.7. The molecule has 4 aromatic rings. The second-order valence-electron chi connectivity index (χ2n) is 13.4. The van der Waals surface area contributed by atoms with Crippen molar-refractivity contribution in [1.29, 1.82) is 0 Å². The first-order valence-corrected chi connectivity index (χ1v) is 17.3. The molecule has 0 radical (unpaired) electrons. The number of rotatable bonds is 14. The molecule has 1 saturated heterocycles. The summed E-state index contributed by atoms with van der Waals surface area (Å²) >= 11 is 0. The van der Waals surface area contributed by atoms with E-state index in [1.807, 2.05) is 18.2 Å². The van der Waals surface area contributed by atoms with Gasteiger partial charge in [-0.1, -0.05) is 72.8 Å². The minimum Gasteiger partial charge on any atom is -0.507 e. The van der Waals surface area contributed by atoms with Crippen LogP contribution in [-0.2, 0) is 26.5 Å². The summed E-state index contributed by atoms with van der Waals surface area (Å²) in [6.07, 6.45) is 3.16. The standard InChI is InChI=1S/C41H42N2O8/c44-25-31-15-14-30(22-37(31)45)39(47)42-35-20-32(21-35)38(46)27-50-36-13-7-12-34(23-36)41(49,33-10-5-2-6-11-33)40(48)51-26-29-16-18-43(19-17-29)24-28-8-3-1-4-9-28/h1-15,22-23,25,29,32,35,45,49H,16-21,24,26-27H2,(H,42,47)/t32-,35-,41-/m0/s1. The maximum Gasteiger partial charge on any atom is 0.347 e. The first-order chi connectivity index (χ1) is 24.7. The molecule has 10 heteroatoms. The van der Waals surface area contributed by atoms with Gasteiger partial charge < -0.3 is 25.0 Å². The molecule has 3 N–H and O–H groups in total. The van der Waals surface area contributed by atoms with Gasteiger partial charge in [0.05, 0.1) is 12.2 Å². The van der Waals surface area contributed by atoms with E-state index in [1.54, 1.807) is 54.6 Å². The number of benzene rings is 4. The van der Waals surface area contributed by atoms with Gasteiger partial charge in [-0.3, -0.25) is 19.3 Å². The molecular formula is C41H42N2O8. The number of esters is 1. The summed E-state index contributed by atoms with van der Waals surface area (Å²) in [5.41, 5.74) is 0.112. The number of nitrogens with one attached hydrogen (secondary N) is 1. The molecule has 51 heavy (non-hydrogen) atoms. The van der Waals surface area contributed by atoms with Crippen molar-refractivity contribution in [3.8, 4) is 11.5 Å². The SMILES string of the molecule is O=Cc1ccc(C(=O)N[C@H]2C[C@H](C(=O)COc3cccc([C@](O)(C(=O)OCC4CCN(Cc5ccccc5)CC4)c4ccccc4)c3)C2)cc1O. The van der Waals surface area contributed by atoms with Gasteiger partial charge in [0.25, 0.3) is 5.91 Å². The Morgan fingerprint density at radius 3 is 2.24 bits per heavy atom.